The van der Waals surface area contributed by atoms with E-state index in [4.69, 9.17) is 9.78 Å². The number of benzene rings is 4. The standard InChI is InChI=1S/C24H16N6O4/c31-23-13-15(9-11-21(23)29-25-17-5-1-2-6-18(17)26-29)33-34-16-10-12-22(24(32)14-16)30-27-19-7-3-4-8-20(19)28-30/h1-14,31-32H. The van der Waals surface area contributed by atoms with Crippen molar-refractivity contribution in [3.63, 3.8) is 0 Å². The van der Waals surface area contributed by atoms with E-state index >= 15 is 0 Å². The maximum atomic E-state index is 10.4. The number of nitrogens with zero attached hydrogens (tertiary/aromatic N) is 6. The minimum absolute atomic E-state index is 0.0866. The molecule has 34 heavy (non-hydrogen) atoms. The first kappa shape index (κ1) is 19.6. The summed E-state index contributed by atoms with van der Waals surface area (Å²) in [6.07, 6.45) is 0. The van der Waals surface area contributed by atoms with Crippen LogP contribution in [0.1, 0.15) is 0 Å². The third-order valence-electron chi connectivity index (χ3n) is 5.13. The maximum Gasteiger partial charge on any atom is 0.182 e. The summed E-state index contributed by atoms with van der Waals surface area (Å²) in [5.41, 5.74) is 3.65. The molecule has 0 saturated carbocycles. The van der Waals surface area contributed by atoms with E-state index < -0.39 is 0 Å². The lowest BCUT2D eigenvalue weighted by Crippen LogP contribution is -2.03. The second-order valence-electron chi connectivity index (χ2n) is 7.42. The van der Waals surface area contributed by atoms with Gasteiger partial charge in [-0.05, 0) is 48.5 Å². The summed E-state index contributed by atoms with van der Waals surface area (Å²) in [6, 6.07) is 24.0. The molecule has 0 spiro atoms. The molecule has 6 aromatic rings. The first-order valence-electron chi connectivity index (χ1n) is 10.3. The number of aromatic nitrogens is 6. The van der Waals surface area contributed by atoms with Crippen molar-refractivity contribution >= 4 is 22.1 Å². The molecular formula is C24H16N6O4. The SMILES string of the molecule is Oc1cc(OOc2ccc(-n3nc4ccccc4n3)c(O)c2)ccc1-n1nc2ccccc2n1. The van der Waals surface area contributed by atoms with E-state index in [1.165, 1.54) is 21.7 Å². The predicted molar refractivity (Wildman–Crippen MR) is 122 cm³/mol. The Bertz CT molecular complexity index is 1470. The van der Waals surface area contributed by atoms with E-state index in [-0.39, 0.29) is 23.0 Å². The Labute approximate surface area is 191 Å². The molecule has 166 valence electrons. The Balaban J connectivity index is 1.19. The summed E-state index contributed by atoms with van der Waals surface area (Å²) in [4.78, 5) is 13.3. The van der Waals surface area contributed by atoms with Crippen LogP contribution in [0.15, 0.2) is 84.9 Å². The van der Waals surface area contributed by atoms with Crippen LogP contribution in [0.4, 0.5) is 0 Å². The average Bonchev–Trinajstić information content (AvgIpc) is 3.47. The Morgan fingerprint density at radius 1 is 0.500 bits per heavy atom. The third-order valence-corrected chi connectivity index (χ3v) is 5.13. The fourth-order valence-corrected chi connectivity index (χ4v) is 3.48. The van der Waals surface area contributed by atoms with Crippen molar-refractivity contribution in [3.8, 4) is 34.4 Å². The van der Waals surface area contributed by atoms with Crippen molar-refractivity contribution in [2.75, 3.05) is 0 Å². The zero-order valence-corrected chi connectivity index (χ0v) is 17.5. The predicted octanol–water partition coefficient (Wildman–Crippen LogP) is 3.94. The summed E-state index contributed by atoms with van der Waals surface area (Å²) in [5, 5.41) is 38.3. The van der Waals surface area contributed by atoms with Crippen molar-refractivity contribution in [3.05, 3.63) is 84.9 Å². The molecule has 0 aliphatic rings. The highest BCUT2D eigenvalue weighted by atomic mass is 17.2. The molecule has 4 aromatic carbocycles. The summed E-state index contributed by atoms with van der Waals surface area (Å²) in [7, 11) is 0. The Morgan fingerprint density at radius 3 is 1.18 bits per heavy atom. The normalized spacial score (nSPS) is 11.2. The largest absolute Gasteiger partial charge is 0.505 e. The minimum atomic E-state index is -0.0866. The highest BCUT2D eigenvalue weighted by Crippen LogP contribution is 2.30. The van der Waals surface area contributed by atoms with Gasteiger partial charge in [-0.3, -0.25) is 9.78 Å². The summed E-state index contributed by atoms with van der Waals surface area (Å²) < 4.78 is 0. The lowest BCUT2D eigenvalue weighted by Gasteiger charge is -2.09. The van der Waals surface area contributed by atoms with Gasteiger partial charge in [0.05, 0.1) is 0 Å². The van der Waals surface area contributed by atoms with Gasteiger partial charge in [-0.25, -0.2) is 0 Å². The van der Waals surface area contributed by atoms with Crippen molar-refractivity contribution < 1.29 is 20.0 Å². The van der Waals surface area contributed by atoms with Crippen LogP contribution in [-0.2, 0) is 0 Å². The van der Waals surface area contributed by atoms with Crippen molar-refractivity contribution in [2.24, 2.45) is 0 Å². The van der Waals surface area contributed by atoms with E-state index in [0.29, 0.717) is 33.4 Å². The summed E-state index contributed by atoms with van der Waals surface area (Å²) in [5.74, 6) is 0.330. The molecule has 10 heteroatoms. The van der Waals surface area contributed by atoms with Crippen molar-refractivity contribution in [1.29, 1.82) is 0 Å². The fourth-order valence-electron chi connectivity index (χ4n) is 3.48. The van der Waals surface area contributed by atoms with Crippen LogP contribution >= 0.6 is 0 Å². The van der Waals surface area contributed by atoms with E-state index in [1.54, 1.807) is 24.3 Å². The van der Waals surface area contributed by atoms with Crippen molar-refractivity contribution in [2.45, 2.75) is 0 Å². The second-order valence-corrected chi connectivity index (χ2v) is 7.42. The van der Waals surface area contributed by atoms with Gasteiger partial charge in [-0.2, -0.15) is 0 Å². The molecule has 10 nitrogen and oxygen atoms in total. The van der Waals surface area contributed by atoms with E-state index in [9.17, 15) is 10.2 Å². The molecule has 0 aliphatic heterocycles. The molecule has 0 fully saturated rings. The smallest absolute Gasteiger partial charge is 0.182 e. The van der Waals surface area contributed by atoms with Crippen LogP contribution in [0, 0.1) is 0 Å². The molecule has 0 aliphatic carbocycles. The fraction of sp³-hybridized carbons (Fsp3) is 0. The summed E-state index contributed by atoms with van der Waals surface area (Å²) in [6.45, 7) is 0. The van der Waals surface area contributed by atoms with Crippen LogP contribution in [-0.4, -0.2) is 40.2 Å². The molecule has 2 aromatic heterocycles. The number of phenols is 2. The highest BCUT2D eigenvalue weighted by molar-refractivity contribution is 5.74. The number of hydrogen-bond acceptors (Lipinski definition) is 8. The van der Waals surface area contributed by atoms with Gasteiger partial charge in [0.15, 0.2) is 11.5 Å². The number of hydrogen-bond donors (Lipinski definition) is 2. The van der Waals surface area contributed by atoms with Crippen LogP contribution in [0.25, 0.3) is 33.4 Å². The maximum absolute atomic E-state index is 10.4. The Kier molecular flexibility index (Phi) is 4.48. The van der Waals surface area contributed by atoms with Gasteiger partial charge in [0.2, 0.25) is 0 Å². The zero-order chi connectivity index (χ0) is 23.1. The molecule has 0 amide bonds. The quantitative estimate of drug-likeness (QED) is 0.298. The first-order valence-corrected chi connectivity index (χ1v) is 10.3. The van der Waals surface area contributed by atoms with Gasteiger partial charge < -0.3 is 10.2 Å². The van der Waals surface area contributed by atoms with Crippen molar-refractivity contribution in [1.82, 2.24) is 30.0 Å². The lowest BCUT2D eigenvalue weighted by molar-refractivity contribution is -0.100. The number of phenolic OH excluding ortho intramolecular Hbond substituents is 2. The molecular weight excluding hydrogens is 436 g/mol. The second kappa shape index (κ2) is 7.78. The van der Waals surface area contributed by atoms with Gasteiger partial charge in [-0.1, -0.05) is 24.3 Å². The van der Waals surface area contributed by atoms with Gasteiger partial charge in [0.25, 0.3) is 0 Å². The van der Waals surface area contributed by atoms with Gasteiger partial charge in [0, 0.05) is 12.1 Å². The Hall–Kier alpha value is -5.12. The van der Waals surface area contributed by atoms with E-state index in [0.717, 1.165) is 0 Å². The molecule has 0 unspecified atom stereocenters. The van der Waals surface area contributed by atoms with Gasteiger partial charge >= 0.3 is 0 Å². The van der Waals surface area contributed by atoms with Gasteiger partial charge in [-0.15, -0.1) is 30.0 Å². The highest BCUT2D eigenvalue weighted by Gasteiger charge is 2.13. The zero-order valence-electron chi connectivity index (χ0n) is 17.5. The van der Waals surface area contributed by atoms with Crippen LogP contribution in [0.2, 0.25) is 0 Å². The number of fused-ring (bicyclic) bond motifs is 2. The topological polar surface area (TPSA) is 120 Å². The molecule has 2 N–H and O–H groups in total. The first-order chi connectivity index (χ1) is 16.6. The molecule has 0 bridgehead atoms. The monoisotopic (exact) mass is 452 g/mol. The van der Waals surface area contributed by atoms with Crippen LogP contribution in [0.5, 0.6) is 23.0 Å². The van der Waals surface area contributed by atoms with E-state index in [2.05, 4.69) is 20.4 Å². The molecule has 0 atom stereocenters. The van der Waals surface area contributed by atoms with Crippen LogP contribution < -0.4 is 9.78 Å². The lowest BCUT2D eigenvalue weighted by atomic mass is 10.3. The Morgan fingerprint density at radius 2 is 0.853 bits per heavy atom. The average molecular weight is 452 g/mol. The van der Waals surface area contributed by atoms with Gasteiger partial charge in [0.1, 0.15) is 44.9 Å². The molecule has 2 heterocycles. The molecule has 6 rings (SSSR count). The summed E-state index contributed by atoms with van der Waals surface area (Å²) >= 11 is 0. The van der Waals surface area contributed by atoms with Crippen LogP contribution in [0.3, 0.4) is 0 Å². The number of rotatable bonds is 5. The molecule has 0 radical (unpaired) electrons. The minimum Gasteiger partial charge on any atom is -0.505 e. The third kappa shape index (κ3) is 3.48. The molecule has 0 saturated heterocycles. The van der Waals surface area contributed by atoms with E-state index in [1.807, 2.05) is 48.5 Å². The number of aromatic hydroxyl groups is 2.